The fraction of sp³-hybridized carbons (Fsp3) is 0.500. The van der Waals surface area contributed by atoms with E-state index < -0.39 is 16.8 Å². The van der Waals surface area contributed by atoms with E-state index in [1.54, 1.807) is 0 Å². The highest BCUT2D eigenvalue weighted by atomic mass is 16.6. The maximum atomic E-state index is 13.5. The Labute approximate surface area is 186 Å². The predicted molar refractivity (Wildman–Crippen MR) is 119 cm³/mol. The van der Waals surface area contributed by atoms with E-state index in [0.717, 1.165) is 22.5 Å². The molecular formula is C24H28N4O4. The summed E-state index contributed by atoms with van der Waals surface area (Å²) in [5.41, 5.74) is 3.70. The first-order chi connectivity index (χ1) is 15.1. The number of nitrogens with one attached hydrogen (secondary N) is 2. The number of ketones is 1. The molecule has 0 saturated carbocycles. The van der Waals surface area contributed by atoms with Crippen molar-refractivity contribution in [2.24, 2.45) is 17.3 Å². The topological polar surface area (TPSA) is 105 Å². The third kappa shape index (κ3) is 3.04. The highest BCUT2D eigenvalue weighted by Gasteiger charge is 2.54. The fourth-order valence-corrected chi connectivity index (χ4v) is 5.84. The number of amides is 1. The van der Waals surface area contributed by atoms with Crippen LogP contribution in [0.5, 0.6) is 0 Å². The second-order valence-electron chi connectivity index (χ2n) is 10.3. The number of anilines is 1. The van der Waals surface area contributed by atoms with Gasteiger partial charge in [-0.2, -0.15) is 0 Å². The summed E-state index contributed by atoms with van der Waals surface area (Å²) in [6.07, 6.45) is 1.34. The fourth-order valence-electron chi connectivity index (χ4n) is 5.84. The summed E-state index contributed by atoms with van der Waals surface area (Å²) in [5.74, 6) is -1.49. The normalized spacial score (nSPS) is 28.6. The van der Waals surface area contributed by atoms with Crippen LogP contribution in [0.25, 0.3) is 0 Å². The minimum atomic E-state index is -0.874. The van der Waals surface area contributed by atoms with Crippen molar-refractivity contribution in [3.63, 3.8) is 0 Å². The molecule has 3 heterocycles. The molecule has 1 aromatic carbocycles. The van der Waals surface area contributed by atoms with Crippen molar-refractivity contribution >= 4 is 17.4 Å². The highest BCUT2D eigenvalue weighted by Crippen LogP contribution is 2.50. The van der Waals surface area contributed by atoms with Gasteiger partial charge in [-0.3, -0.25) is 19.7 Å². The number of hydrogen-bond acceptors (Lipinski definition) is 6. The number of fused-ring (bicyclic) bond motifs is 3. The Hall–Kier alpha value is -3.16. The molecule has 3 aliphatic heterocycles. The van der Waals surface area contributed by atoms with Crippen LogP contribution in [0.4, 0.5) is 5.69 Å². The lowest BCUT2D eigenvalue weighted by molar-refractivity contribution is -0.436. The number of nitrogens with zero attached hydrogens (tertiary/aromatic N) is 2. The molecule has 0 spiro atoms. The first-order valence-corrected chi connectivity index (χ1v) is 11.2. The summed E-state index contributed by atoms with van der Waals surface area (Å²) in [5, 5.41) is 18.6. The summed E-state index contributed by atoms with van der Waals surface area (Å²) in [7, 11) is 0. The average molecular weight is 437 g/mol. The summed E-state index contributed by atoms with van der Waals surface area (Å²) in [6.45, 7) is 8.57. The van der Waals surface area contributed by atoms with Crippen LogP contribution in [-0.2, 0) is 16.0 Å². The van der Waals surface area contributed by atoms with Gasteiger partial charge in [-0.05, 0) is 43.2 Å². The summed E-state index contributed by atoms with van der Waals surface area (Å²) < 4.78 is 0. The molecule has 2 N–H and O–H groups in total. The quantitative estimate of drug-likeness (QED) is 0.545. The second-order valence-corrected chi connectivity index (χ2v) is 10.3. The van der Waals surface area contributed by atoms with E-state index in [9.17, 15) is 19.7 Å². The Morgan fingerprint density at radius 3 is 2.69 bits per heavy atom. The number of para-hydroxylation sites is 1. The monoisotopic (exact) mass is 436 g/mol. The second kappa shape index (κ2) is 6.92. The number of carbonyl (C=O) groups excluding carboxylic acids is 2. The number of allylic oxidation sites excluding steroid dienone is 2. The Balaban J connectivity index is 1.70. The van der Waals surface area contributed by atoms with Gasteiger partial charge in [0.05, 0.1) is 16.8 Å². The Kier molecular flexibility index (Phi) is 4.48. The van der Waals surface area contributed by atoms with E-state index in [0.29, 0.717) is 37.2 Å². The van der Waals surface area contributed by atoms with Crippen LogP contribution in [0, 0.1) is 34.3 Å². The number of nitro groups is 1. The van der Waals surface area contributed by atoms with Crippen LogP contribution in [-0.4, -0.2) is 34.1 Å². The average Bonchev–Trinajstić information content (AvgIpc) is 3.07. The molecule has 1 aliphatic carbocycles. The van der Waals surface area contributed by atoms with E-state index in [1.807, 2.05) is 36.9 Å². The van der Waals surface area contributed by atoms with Crippen LogP contribution in [0.3, 0.4) is 0 Å². The molecule has 32 heavy (non-hydrogen) atoms. The van der Waals surface area contributed by atoms with Crippen LogP contribution in [0.2, 0.25) is 0 Å². The molecule has 8 nitrogen and oxygen atoms in total. The lowest BCUT2D eigenvalue weighted by Crippen LogP contribution is -2.47. The third-order valence-electron chi connectivity index (χ3n) is 7.16. The smallest absolute Gasteiger partial charge is 0.294 e. The van der Waals surface area contributed by atoms with E-state index in [4.69, 9.17) is 0 Å². The Morgan fingerprint density at radius 2 is 1.97 bits per heavy atom. The molecule has 5 rings (SSSR count). The van der Waals surface area contributed by atoms with E-state index >= 15 is 0 Å². The van der Waals surface area contributed by atoms with Crippen molar-refractivity contribution < 1.29 is 14.5 Å². The van der Waals surface area contributed by atoms with Crippen LogP contribution >= 0.6 is 0 Å². The van der Waals surface area contributed by atoms with Crippen molar-refractivity contribution in [1.29, 1.82) is 0 Å². The maximum Gasteiger partial charge on any atom is 0.294 e. The lowest BCUT2D eigenvalue weighted by Gasteiger charge is -2.43. The number of aryl methyl sites for hydroxylation is 1. The van der Waals surface area contributed by atoms with Gasteiger partial charge in [0.15, 0.2) is 11.6 Å². The van der Waals surface area contributed by atoms with Crippen molar-refractivity contribution in [1.82, 2.24) is 10.2 Å². The van der Waals surface area contributed by atoms with Crippen molar-refractivity contribution in [3.8, 4) is 0 Å². The molecule has 4 aliphatic rings. The molecule has 1 saturated heterocycles. The van der Waals surface area contributed by atoms with Gasteiger partial charge in [-0.1, -0.05) is 32.0 Å². The van der Waals surface area contributed by atoms with Crippen molar-refractivity contribution in [3.05, 3.63) is 62.2 Å². The van der Waals surface area contributed by atoms with Crippen LogP contribution in [0.1, 0.15) is 44.7 Å². The summed E-state index contributed by atoms with van der Waals surface area (Å²) in [6, 6.07) is 5.81. The lowest BCUT2D eigenvalue weighted by atomic mass is 9.67. The molecule has 8 heteroatoms. The van der Waals surface area contributed by atoms with Crippen molar-refractivity contribution in [2.45, 2.75) is 53.0 Å². The van der Waals surface area contributed by atoms with Gasteiger partial charge in [0.25, 0.3) is 5.70 Å². The number of hydrogen-bond donors (Lipinski definition) is 2. The molecule has 1 amide bonds. The van der Waals surface area contributed by atoms with Crippen LogP contribution < -0.4 is 10.6 Å². The van der Waals surface area contributed by atoms with Crippen LogP contribution in [0.15, 0.2) is 41.0 Å². The van der Waals surface area contributed by atoms with Gasteiger partial charge in [-0.25, -0.2) is 0 Å². The van der Waals surface area contributed by atoms with E-state index in [-0.39, 0.29) is 28.8 Å². The molecule has 1 aromatic rings. The molecule has 1 fully saturated rings. The summed E-state index contributed by atoms with van der Waals surface area (Å²) >= 11 is 0. The summed E-state index contributed by atoms with van der Waals surface area (Å²) in [4.78, 5) is 40.7. The maximum absolute atomic E-state index is 13.5. The molecule has 0 bridgehead atoms. The molecule has 3 atom stereocenters. The minimum Gasteiger partial charge on any atom is -0.362 e. The van der Waals surface area contributed by atoms with Crippen molar-refractivity contribution in [2.75, 3.05) is 11.9 Å². The zero-order valence-electron chi connectivity index (χ0n) is 18.8. The number of carbonyl (C=O) groups is 2. The zero-order valence-corrected chi connectivity index (χ0v) is 18.8. The first-order valence-electron chi connectivity index (χ1n) is 11.2. The third-order valence-corrected chi connectivity index (χ3v) is 7.16. The van der Waals surface area contributed by atoms with Gasteiger partial charge >= 0.3 is 0 Å². The predicted octanol–water partition coefficient (Wildman–Crippen LogP) is 3.12. The van der Waals surface area contributed by atoms with E-state index in [2.05, 4.69) is 24.5 Å². The molecular weight excluding hydrogens is 408 g/mol. The number of Topliss-reactive ketones (excluding diaryl/α,β-unsaturated/α-hetero) is 1. The minimum absolute atomic E-state index is 0.0103. The molecule has 3 unspecified atom stereocenters. The highest BCUT2D eigenvalue weighted by molar-refractivity contribution is 6.02. The molecule has 0 radical (unpaired) electrons. The van der Waals surface area contributed by atoms with Gasteiger partial charge in [0.1, 0.15) is 0 Å². The molecule has 0 aromatic heterocycles. The number of benzene rings is 1. The van der Waals surface area contributed by atoms with Gasteiger partial charge in [0.2, 0.25) is 5.91 Å². The largest absolute Gasteiger partial charge is 0.362 e. The first kappa shape index (κ1) is 20.7. The van der Waals surface area contributed by atoms with Gasteiger partial charge < -0.3 is 15.5 Å². The van der Waals surface area contributed by atoms with Gasteiger partial charge in [0, 0.05) is 36.0 Å². The Morgan fingerprint density at radius 1 is 1.22 bits per heavy atom. The number of rotatable bonds is 2. The SMILES string of the molecule is Cc1cccc2c1NC(=O)C(C1C3=C(CC(C)(C)CC3=O)N3CC(C)NC3=C1[N+](=O)[O-])C2. The zero-order chi connectivity index (χ0) is 22.9. The Bertz CT molecular complexity index is 1130. The van der Waals surface area contributed by atoms with Gasteiger partial charge in [-0.15, -0.1) is 0 Å². The van der Waals surface area contributed by atoms with E-state index in [1.165, 1.54) is 0 Å². The molecule has 168 valence electrons. The standard InChI is InChI=1S/C24H28N4O4/c1-12-6-5-7-14-8-15(23(30)26-20(12)14)18-19-16(9-24(3,4)10-17(19)29)27-11-13(2)25-22(27)21(18)28(31)32/h5-7,13,15,18,25H,8-11H2,1-4H3,(H,26,30).